The number of hydrogen-bond donors (Lipinski definition) is 0. The van der Waals surface area contributed by atoms with Gasteiger partial charge in [-0.1, -0.05) is 60.7 Å². The van der Waals surface area contributed by atoms with Crippen LogP contribution in [-0.2, 0) is 15.6 Å². The summed E-state index contributed by atoms with van der Waals surface area (Å²) < 4.78 is 16.5. The summed E-state index contributed by atoms with van der Waals surface area (Å²) in [5, 5.41) is 0. The molecule has 0 spiro atoms. The summed E-state index contributed by atoms with van der Waals surface area (Å²) >= 11 is 0. The van der Waals surface area contributed by atoms with Gasteiger partial charge in [-0.15, -0.1) is 0 Å². The van der Waals surface area contributed by atoms with Gasteiger partial charge in [-0.3, -0.25) is 9.59 Å². The maximum absolute atomic E-state index is 13.8. The van der Waals surface area contributed by atoms with E-state index in [4.69, 9.17) is 14.2 Å². The summed E-state index contributed by atoms with van der Waals surface area (Å²) in [6.07, 6.45) is 3.49. The lowest BCUT2D eigenvalue weighted by Gasteiger charge is -2.42. The Morgan fingerprint density at radius 2 is 1.33 bits per heavy atom. The molecule has 0 aromatic heterocycles. The lowest BCUT2D eigenvalue weighted by atomic mass is 9.70. The average Bonchev–Trinajstić information content (AvgIpc) is 3.49. The maximum Gasteiger partial charge on any atom is 0.254 e. The Hall–Kier alpha value is -3.84. The number of Topliss-reactive ketones (excluding diaryl/α,β-unsaturated/α-hetero) is 1. The van der Waals surface area contributed by atoms with Crippen LogP contribution < -0.4 is 14.2 Å². The molecule has 0 aliphatic carbocycles. The molecule has 2 saturated heterocycles. The van der Waals surface area contributed by atoms with Crippen molar-refractivity contribution in [1.29, 1.82) is 0 Å². The van der Waals surface area contributed by atoms with Gasteiger partial charge in [0, 0.05) is 24.1 Å². The molecule has 0 saturated carbocycles. The third-order valence-electron chi connectivity index (χ3n) is 9.56. The number of hydrogen-bond acceptors (Lipinski definition) is 6. The van der Waals surface area contributed by atoms with E-state index >= 15 is 0 Å². The fourth-order valence-electron chi connectivity index (χ4n) is 6.94. The molecular weight excluding hydrogens is 528 g/mol. The van der Waals surface area contributed by atoms with Crippen molar-refractivity contribution in [3.05, 3.63) is 89.5 Å². The van der Waals surface area contributed by atoms with Crippen LogP contribution in [0, 0.1) is 0 Å². The minimum Gasteiger partial charge on any atom is -0.493 e. The fraction of sp³-hybridized carbons (Fsp3) is 0.429. The molecule has 0 N–H and O–H groups in total. The molecule has 2 aliphatic heterocycles. The SMILES string of the molecule is COc1cc(C(=O)N2CCC(CCN3CCC(C(C)=O)(c4ccccc4)CC3)(c3ccccc3)C2)cc(OC)c1OC. The first-order valence-corrected chi connectivity index (χ1v) is 14.8. The Balaban J connectivity index is 1.32. The summed E-state index contributed by atoms with van der Waals surface area (Å²) in [4.78, 5) is 31.2. The highest BCUT2D eigenvalue weighted by atomic mass is 16.5. The van der Waals surface area contributed by atoms with Gasteiger partial charge < -0.3 is 24.0 Å². The standard InChI is InChI=1S/C35H42N2O5/c1-26(38)35(29-13-9-6-10-14-29)17-20-36(21-18-35)19-15-34(28-11-7-5-8-12-28)16-22-37(25-34)33(39)27-23-30(40-2)32(42-4)31(24-27)41-3/h5-14,23-24H,15-22,25H2,1-4H3. The maximum atomic E-state index is 13.8. The van der Waals surface area contributed by atoms with Crippen LogP contribution in [0.25, 0.3) is 0 Å². The van der Waals surface area contributed by atoms with Crippen LogP contribution in [0.4, 0.5) is 0 Å². The zero-order valence-electron chi connectivity index (χ0n) is 25.2. The van der Waals surface area contributed by atoms with Crippen molar-refractivity contribution in [2.45, 2.75) is 43.4 Å². The Kier molecular flexibility index (Phi) is 8.88. The monoisotopic (exact) mass is 570 g/mol. The minimum absolute atomic E-state index is 0.0425. The van der Waals surface area contributed by atoms with E-state index in [0.717, 1.165) is 50.9 Å². The molecule has 0 radical (unpaired) electrons. The molecule has 5 rings (SSSR count). The highest BCUT2D eigenvalue weighted by molar-refractivity contribution is 5.96. The largest absolute Gasteiger partial charge is 0.493 e. The number of nitrogens with zero attached hydrogens (tertiary/aromatic N) is 2. The van der Waals surface area contributed by atoms with Crippen LogP contribution in [0.1, 0.15) is 54.1 Å². The number of ketones is 1. The number of carbonyl (C=O) groups excluding carboxylic acids is 2. The molecule has 2 aliphatic rings. The molecule has 1 atom stereocenters. The van der Waals surface area contributed by atoms with E-state index in [-0.39, 0.29) is 17.1 Å². The molecule has 1 unspecified atom stereocenters. The number of carbonyl (C=O) groups is 2. The normalized spacial score (nSPS) is 20.2. The summed E-state index contributed by atoms with van der Waals surface area (Å²) in [6, 6.07) is 24.3. The molecule has 2 heterocycles. The van der Waals surface area contributed by atoms with E-state index < -0.39 is 5.41 Å². The zero-order valence-corrected chi connectivity index (χ0v) is 25.2. The fourth-order valence-corrected chi connectivity index (χ4v) is 6.94. The first kappa shape index (κ1) is 29.6. The topological polar surface area (TPSA) is 68.3 Å². The summed E-state index contributed by atoms with van der Waals surface area (Å²) in [7, 11) is 4.67. The first-order chi connectivity index (χ1) is 20.4. The van der Waals surface area contributed by atoms with Crippen LogP contribution in [0.3, 0.4) is 0 Å². The zero-order chi connectivity index (χ0) is 29.7. The molecular formula is C35H42N2O5. The van der Waals surface area contributed by atoms with E-state index in [2.05, 4.69) is 41.3 Å². The van der Waals surface area contributed by atoms with Gasteiger partial charge in [-0.05, 0) is 75.5 Å². The van der Waals surface area contributed by atoms with E-state index in [1.54, 1.807) is 40.4 Å². The van der Waals surface area contributed by atoms with Crippen molar-refractivity contribution in [2.75, 3.05) is 54.1 Å². The van der Waals surface area contributed by atoms with Crippen LogP contribution in [-0.4, -0.2) is 75.5 Å². The summed E-state index contributed by atoms with van der Waals surface area (Å²) in [6.45, 7) is 5.74. The molecule has 3 aromatic rings. The van der Waals surface area contributed by atoms with E-state index in [0.29, 0.717) is 35.9 Å². The van der Waals surface area contributed by atoms with Crippen molar-refractivity contribution >= 4 is 11.7 Å². The molecule has 0 bridgehead atoms. The number of ether oxygens (including phenoxy) is 3. The Bertz CT molecular complexity index is 1360. The molecule has 42 heavy (non-hydrogen) atoms. The second-order valence-electron chi connectivity index (χ2n) is 11.6. The van der Waals surface area contributed by atoms with Crippen molar-refractivity contribution in [2.24, 2.45) is 0 Å². The van der Waals surface area contributed by atoms with Gasteiger partial charge in [-0.25, -0.2) is 0 Å². The predicted octanol–water partition coefficient (Wildman–Crippen LogP) is 5.51. The van der Waals surface area contributed by atoms with Gasteiger partial charge in [0.05, 0.1) is 26.7 Å². The molecule has 7 nitrogen and oxygen atoms in total. The predicted molar refractivity (Wildman–Crippen MR) is 164 cm³/mol. The average molecular weight is 571 g/mol. The highest BCUT2D eigenvalue weighted by Gasteiger charge is 2.44. The first-order valence-electron chi connectivity index (χ1n) is 14.8. The van der Waals surface area contributed by atoms with Crippen molar-refractivity contribution in [3.63, 3.8) is 0 Å². The number of piperidine rings is 1. The Morgan fingerprint density at radius 3 is 1.86 bits per heavy atom. The van der Waals surface area contributed by atoms with Crippen LogP contribution >= 0.6 is 0 Å². The number of methoxy groups -OCH3 is 3. The lowest BCUT2D eigenvalue weighted by molar-refractivity contribution is -0.124. The smallest absolute Gasteiger partial charge is 0.254 e. The van der Waals surface area contributed by atoms with Gasteiger partial charge in [0.1, 0.15) is 5.78 Å². The van der Waals surface area contributed by atoms with Gasteiger partial charge >= 0.3 is 0 Å². The number of benzene rings is 3. The molecule has 222 valence electrons. The summed E-state index contributed by atoms with van der Waals surface area (Å²) in [5.74, 6) is 1.62. The van der Waals surface area contributed by atoms with Gasteiger partial charge in [-0.2, -0.15) is 0 Å². The van der Waals surface area contributed by atoms with Crippen LogP contribution in [0.5, 0.6) is 17.2 Å². The number of likely N-dealkylation sites (tertiary alicyclic amines) is 2. The van der Waals surface area contributed by atoms with Gasteiger partial charge in [0.15, 0.2) is 11.5 Å². The van der Waals surface area contributed by atoms with Crippen molar-refractivity contribution in [3.8, 4) is 17.2 Å². The van der Waals surface area contributed by atoms with Crippen molar-refractivity contribution < 1.29 is 23.8 Å². The van der Waals surface area contributed by atoms with Gasteiger partial charge in [0.2, 0.25) is 5.75 Å². The Morgan fingerprint density at radius 1 is 0.762 bits per heavy atom. The number of amides is 1. The molecule has 1 amide bonds. The number of rotatable bonds is 10. The van der Waals surface area contributed by atoms with E-state index in [9.17, 15) is 9.59 Å². The van der Waals surface area contributed by atoms with Crippen molar-refractivity contribution in [1.82, 2.24) is 9.80 Å². The third-order valence-corrected chi connectivity index (χ3v) is 9.56. The van der Waals surface area contributed by atoms with Crippen LogP contribution in [0.15, 0.2) is 72.8 Å². The minimum atomic E-state index is -0.397. The second-order valence-corrected chi connectivity index (χ2v) is 11.6. The molecule has 3 aromatic carbocycles. The van der Waals surface area contributed by atoms with Gasteiger partial charge in [0.25, 0.3) is 5.91 Å². The molecule has 7 heteroatoms. The lowest BCUT2D eigenvalue weighted by Crippen LogP contribution is -2.47. The van der Waals surface area contributed by atoms with E-state index in [1.807, 2.05) is 29.2 Å². The Labute approximate surface area is 249 Å². The van der Waals surface area contributed by atoms with Crippen LogP contribution in [0.2, 0.25) is 0 Å². The summed E-state index contributed by atoms with van der Waals surface area (Å²) in [5.41, 5.74) is 2.38. The quantitative estimate of drug-likeness (QED) is 0.320. The van der Waals surface area contributed by atoms with E-state index in [1.165, 1.54) is 5.56 Å². The molecule has 2 fully saturated rings. The second kappa shape index (κ2) is 12.6. The highest BCUT2D eigenvalue weighted by Crippen LogP contribution is 2.42. The third kappa shape index (κ3) is 5.62.